The number of primary amides is 1. The molecule has 1 aliphatic rings. The molecule has 0 saturated carbocycles. The Balaban J connectivity index is 1.59. The van der Waals surface area contributed by atoms with Gasteiger partial charge in [0.15, 0.2) is 6.61 Å². The van der Waals surface area contributed by atoms with Crippen molar-refractivity contribution in [1.82, 2.24) is 4.90 Å². The van der Waals surface area contributed by atoms with Crippen LogP contribution in [-0.2, 0) is 14.3 Å². The topological polar surface area (TPSA) is 89.7 Å². The predicted octanol–water partition coefficient (Wildman–Crippen LogP) is 1.92. The number of hydrogen-bond acceptors (Lipinski definition) is 5. The molecule has 1 aromatic carbocycles. The summed E-state index contributed by atoms with van der Waals surface area (Å²) in [6.45, 7) is 0.378. The second kappa shape index (κ2) is 7.18. The fraction of sp³-hybridized carbons (Fsp3) is 0.353. The number of fused-ring (bicyclic) bond motifs is 1. The van der Waals surface area contributed by atoms with Gasteiger partial charge in [-0.25, -0.2) is 9.18 Å². The smallest absolute Gasteiger partial charge is 0.348 e. The van der Waals surface area contributed by atoms with Crippen LogP contribution in [0.1, 0.15) is 22.5 Å². The molecular formula is C17H17FN2O4S. The molecule has 0 unspecified atom stereocenters. The maximum atomic E-state index is 13.2. The predicted molar refractivity (Wildman–Crippen MR) is 90.6 cm³/mol. The molecule has 6 nitrogen and oxygen atoms in total. The standard InChI is InChI=1S/C17H17FN2O4S/c18-12-3-4-13-11(6-12)7-14(25-13)17(23)24-9-15(21)20-5-1-2-10(8-20)16(19)22/h3-4,6-7,10H,1-2,5,8-9H2,(H2,19,22)/t10-/m1/s1. The molecule has 8 heteroatoms. The Labute approximate surface area is 147 Å². The van der Waals surface area contributed by atoms with Crippen LogP contribution in [0, 0.1) is 11.7 Å². The van der Waals surface area contributed by atoms with Crippen LogP contribution in [0.25, 0.3) is 10.1 Å². The molecule has 2 N–H and O–H groups in total. The van der Waals surface area contributed by atoms with E-state index in [0.29, 0.717) is 29.6 Å². The molecule has 2 aromatic rings. The quantitative estimate of drug-likeness (QED) is 0.840. The van der Waals surface area contributed by atoms with Gasteiger partial charge in [-0.15, -0.1) is 11.3 Å². The minimum atomic E-state index is -0.626. The Bertz CT molecular complexity index is 835. The van der Waals surface area contributed by atoms with Crippen LogP contribution in [-0.4, -0.2) is 42.4 Å². The number of carbonyl (C=O) groups excluding carboxylic acids is 3. The number of carbonyl (C=O) groups is 3. The summed E-state index contributed by atoms with van der Waals surface area (Å²) in [5.41, 5.74) is 5.29. The van der Waals surface area contributed by atoms with Gasteiger partial charge in [-0.1, -0.05) is 0 Å². The lowest BCUT2D eigenvalue weighted by atomic mass is 9.97. The molecule has 1 aromatic heterocycles. The van der Waals surface area contributed by atoms with Crippen molar-refractivity contribution in [3.05, 3.63) is 35.0 Å². The van der Waals surface area contributed by atoms with Crippen molar-refractivity contribution in [3.63, 3.8) is 0 Å². The van der Waals surface area contributed by atoms with Crippen LogP contribution in [0.5, 0.6) is 0 Å². The van der Waals surface area contributed by atoms with E-state index in [2.05, 4.69) is 0 Å². The monoisotopic (exact) mass is 364 g/mol. The third-order valence-corrected chi connectivity index (χ3v) is 5.28. The van der Waals surface area contributed by atoms with Gasteiger partial charge in [-0.2, -0.15) is 0 Å². The highest BCUT2D eigenvalue weighted by atomic mass is 32.1. The molecule has 1 atom stereocenters. The van der Waals surface area contributed by atoms with E-state index < -0.39 is 18.5 Å². The van der Waals surface area contributed by atoms with Gasteiger partial charge >= 0.3 is 5.97 Å². The van der Waals surface area contributed by atoms with E-state index in [-0.39, 0.29) is 24.2 Å². The number of ether oxygens (including phenoxy) is 1. The minimum absolute atomic E-state index is 0.258. The van der Waals surface area contributed by atoms with Crippen LogP contribution < -0.4 is 5.73 Å². The Hall–Kier alpha value is -2.48. The zero-order valence-electron chi connectivity index (χ0n) is 13.4. The zero-order chi connectivity index (χ0) is 18.0. The number of halogens is 1. The van der Waals surface area contributed by atoms with E-state index in [4.69, 9.17) is 10.5 Å². The molecular weight excluding hydrogens is 347 g/mol. The summed E-state index contributed by atoms with van der Waals surface area (Å²) in [6, 6.07) is 5.79. The molecule has 3 rings (SSSR count). The normalized spacial score (nSPS) is 17.5. The highest BCUT2D eigenvalue weighted by molar-refractivity contribution is 7.20. The summed E-state index contributed by atoms with van der Waals surface area (Å²) >= 11 is 1.18. The number of hydrogen-bond donors (Lipinski definition) is 1. The Morgan fingerprint density at radius 2 is 2.12 bits per heavy atom. The van der Waals surface area contributed by atoms with Gasteiger partial charge in [0.1, 0.15) is 10.7 Å². The average molecular weight is 364 g/mol. The maximum absolute atomic E-state index is 13.2. The summed E-state index contributed by atoms with van der Waals surface area (Å²) in [5.74, 6) is -2.14. The van der Waals surface area contributed by atoms with Gasteiger partial charge in [-0.05, 0) is 42.5 Å². The van der Waals surface area contributed by atoms with Crippen molar-refractivity contribution in [2.45, 2.75) is 12.8 Å². The first-order chi connectivity index (χ1) is 11.9. The van der Waals surface area contributed by atoms with Crippen molar-refractivity contribution in [3.8, 4) is 0 Å². The van der Waals surface area contributed by atoms with Crippen molar-refractivity contribution in [2.24, 2.45) is 11.7 Å². The number of esters is 1. The number of benzene rings is 1. The van der Waals surface area contributed by atoms with Crippen LogP contribution >= 0.6 is 11.3 Å². The summed E-state index contributed by atoms with van der Waals surface area (Å²) in [6.07, 6.45) is 1.35. The molecule has 0 aliphatic carbocycles. The minimum Gasteiger partial charge on any atom is -0.451 e. The zero-order valence-corrected chi connectivity index (χ0v) is 14.2. The highest BCUT2D eigenvalue weighted by Crippen LogP contribution is 2.26. The van der Waals surface area contributed by atoms with Crippen LogP contribution in [0.15, 0.2) is 24.3 Å². The Morgan fingerprint density at radius 1 is 1.32 bits per heavy atom. The molecule has 0 spiro atoms. The molecule has 25 heavy (non-hydrogen) atoms. The third-order valence-electron chi connectivity index (χ3n) is 4.18. The lowest BCUT2D eigenvalue weighted by Crippen LogP contribution is -2.45. The molecule has 0 bridgehead atoms. The first-order valence-electron chi connectivity index (χ1n) is 7.87. The van der Waals surface area contributed by atoms with E-state index in [1.54, 1.807) is 12.1 Å². The fourth-order valence-electron chi connectivity index (χ4n) is 2.84. The largest absolute Gasteiger partial charge is 0.451 e. The van der Waals surface area contributed by atoms with E-state index in [9.17, 15) is 18.8 Å². The number of amides is 2. The molecule has 0 radical (unpaired) electrons. The van der Waals surface area contributed by atoms with Gasteiger partial charge in [-0.3, -0.25) is 9.59 Å². The molecule has 2 amide bonds. The van der Waals surface area contributed by atoms with Gasteiger partial charge in [0.05, 0.1) is 5.92 Å². The summed E-state index contributed by atoms with van der Waals surface area (Å²) in [5, 5.41) is 0.614. The Kier molecular flexibility index (Phi) is 4.98. The van der Waals surface area contributed by atoms with Crippen LogP contribution in [0.3, 0.4) is 0 Å². The molecule has 1 saturated heterocycles. The molecule has 2 heterocycles. The summed E-state index contributed by atoms with van der Waals surface area (Å²) in [4.78, 5) is 37.3. The number of likely N-dealkylation sites (tertiary alicyclic amines) is 1. The summed E-state index contributed by atoms with van der Waals surface area (Å²) in [7, 11) is 0. The van der Waals surface area contributed by atoms with Crippen molar-refractivity contribution in [1.29, 1.82) is 0 Å². The van der Waals surface area contributed by atoms with Crippen LogP contribution in [0.4, 0.5) is 4.39 Å². The second-order valence-electron chi connectivity index (χ2n) is 5.95. The number of rotatable bonds is 4. The third kappa shape index (κ3) is 3.96. The number of piperidine rings is 1. The van der Waals surface area contributed by atoms with E-state index in [1.165, 1.54) is 28.4 Å². The van der Waals surface area contributed by atoms with Crippen molar-refractivity contribution in [2.75, 3.05) is 19.7 Å². The maximum Gasteiger partial charge on any atom is 0.348 e. The van der Waals surface area contributed by atoms with Crippen LogP contribution in [0.2, 0.25) is 0 Å². The average Bonchev–Trinajstić information content (AvgIpc) is 3.02. The van der Waals surface area contributed by atoms with Crippen molar-refractivity contribution < 1.29 is 23.5 Å². The van der Waals surface area contributed by atoms with Gasteiger partial charge in [0.25, 0.3) is 5.91 Å². The highest BCUT2D eigenvalue weighted by Gasteiger charge is 2.27. The Morgan fingerprint density at radius 3 is 2.88 bits per heavy atom. The number of nitrogens with two attached hydrogens (primary N) is 1. The lowest BCUT2D eigenvalue weighted by Gasteiger charge is -2.30. The molecule has 132 valence electrons. The fourth-order valence-corrected chi connectivity index (χ4v) is 3.78. The van der Waals surface area contributed by atoms with Gasteiger partial charge < -0.3 is 15.4 Å². The summed E-state index contributed by atoms with van der Waals surface area (Å²) < 4.78 is 19.0. The first kappa shape index (κ1) is 17.3. The second-order valence-corrected chi connectivity index (χ2v) is 7.03. The molecule has 1 fully saturated rings. The van der Waals surface area contributed by atoms with Gasteiger partial charge in [0.2, 0.25) is 5.91 Å². The van der Waals surface area contributed by atoms with E-state index in [0.717, 1.165) is 4.70 Å². The number of thiophene rings is 1. The SMILES string of the molecule is NC(=O)[C@@H]1CCCN(C(=O)COC(=O)c2cc3cc(F)ccc3s2)C1. The number of nitrogens with zero attached hydrogens (tertiary/aromatic N) is 1. The van der Waals surface area contributed by atoms with Gasteiger partial charge in [0, 0.05) is 17.8 Å². The first-order valence-corrected chi connectivity index (χ1v) is 8.69. The van der Waals surface area contributed by atoms with E-state index in [1.807, 2.05) is 0 Å². The van der Waals surface area contributed by atoms with E-state index >= 15 is 0 Å². The van der Waals surface area contributed by atoms with Crippen molar-refractivity contribution >= 4 is 39.2 Å². The lowest BCUT2D eigenvalue weighted by molar-refractivity contribution is -0.137. The molecule has 1 aliphatic heterocycles.